The summed E-state index contributed by atoms with van der Waals surface area (Å²) in [6.07, 6.45) is -0.766. The first-order valence-electron chi connectivity index (χ1n) is 9.96. The monoisotopic (exact) mass is 493 g/mol. The number of carbonyl (C=O) groups excluding carboxylic acids is 1. The van der Waals surface area contributed by atoms with Gasteiger partial charge < -0.3 is 14.7 Å². The van der Waals surface area contributed by atoms with Crippen LogP contribution in [0.2, 0.25) is 15.1 Å². The number of ether oxygens (including phenoxy) is 1. The van der Waals surface area contributed by atoms with E-state index in [0.29, 0.717) is 39.2 Å². The number of amides is 1. The average Bonchev–Trinajstić information content (AvgIpc) is 3.20. The molecule has 2 unspecified atom stereocenters. The highest BCUT2D eigenvalue weighted by molar-refractivity contribution is 6.35. The molecule has 166 valence electrons. The first kappa shape index (κ1) is 22.9. The van der Waals surface area contributed by atoms with Gasteiger partial charge in [0.05, 0.1) is 6.10 Å². The molecule has 1 saturated heterocycles. The van der Waals surface area contributed by atoms with Gasteiger partial charge in [0.15, 0.2) is 17.7 Å². The molecule has 1 fully saturated rings. The van der Waals surface area contributed by atoms with Crippen molar-refractivity contribution in [2.24, 2.45) is 0 Å². The molecule has 2 atom stereocenters. The van der Waals surface area contributed by atoms with Gasteiger partial charge in [-0.15, -0.1) is 0 Å². The third-order valence-electron chi connectivity index (χ3n) is 5.29. The van der Waals surface area contributed by atoms with Gasteiger partial charge in [0.25, 0.3) is 5.91 Å². The summed E-state index contributed by atoms with van der Waals surface area (Å²) in [4.78, 5) is 14.1. The SMILES string of the molecule is O=C(c1ccc(OC(c2ccc(Cl)cc2)c2ccc(Cl)cc2Cl)c(F)c1)N1CCC(O)C1. The second-order valence-corrected chi connectivity index (χ2v) is 8.83. The number of aliphatic hydroxyl groups is 1. The van der Waals surface area contributed by atoms with Crippen molar-refractivity contribution in [3.05, 3.63) is 98.2 Å². The van der Waals surface area contributed by atoms with Crippen molar-refractivity contribution < 1.29 is 19.0 Å². The first-order chi connectivity index (χ1) is 15.3. The van der Waals surface area contributed by atoms with Gasteiger partial charge in [0.1, 0.15) is 0 Å². The molecule has 8 heteroatoms. The van der Waals surface area contributed by atoms with Crippen molar-refractivity contribution in [2.75, 3.05) is 13.1 Å². The molecular weight excluding hydrogens is 476 g/mol. The molecule has 4 nitrogen and oxygen atoms in total. The van der Waals surface area contributed by atoms with Gasteiger partial charge in [0, 0.05) is 39.3 Å². The zero-order chi connectivity index (χ0) is 22.8. The van der Waals surface area contributed by atoms with E-state index in [2.05, 4.69) is 0 Å². The largest absolute Gasteiger partial charge is 0.478 e. The highest BCUT2D eigenvalue weighted by Gasteiger charge is 2.27. The van der Waals surface area contributed by atoms with Crippen LogP contribution in [-0.2, 0) is 0 Å². The maximum Gasteiger partial charge on any atom is 0.254 e. The van der Waals surface area contributed by atoms with E-state index in [1.807, 2.05) is 0 Å². The highest BCUT2D eigenvalue weighted by Crippen LogP contribution is 2.35. The Morgan fingerprint density at radius 2 is 1.75 bits per heavy atom. The van der Waals surface area contributed by atoms with Crippen LogP contribution < -0.4 is 4.74 Å². The second kappa shape index (κ2) is 9.67. The number of aliphatic hydroxyl groups excluding tert-OH is 1. The fourth-order valence-electron chi connectivity index (χ4n) is 3.63. The van der Waals surface area contributed by atoms with Crippen molar-refractivity contribution in [3.63, 3.8) is 0 Å². The minimum absolute atomic E-state index is 0.0334. The predicted molar refractivity (Wildman–Crippen MR) is 123 cm³/mol. The standard InChI is InChI=1S/C24H19Cl3FNO3/c25-16-4-1-14(2-5-16)23(19-7-6-17(26)12-20(19)27)32-22-8-3-15(11-21(22)28)24(31)29-10-9-18(30)13-29/h1-8,11-12,18,23,30H,9-10,13H2. The Morgan fingerprint density at radius 3 is 2.38 bits per heavy atom. The lowest BCUT2D eigenvalue weighted by atomic mass is 10.0. The smallest absolute Gasteiger partial charge is 0.254 e. The van der Waals surface area contributed by atoms with Crippen molar-refractivity contribution in [2.45, 2.75) is 18.6 Å². The fourth-order valence-corrected chi connectivity index (χ4v) is 4.26. The summed E-state index contributed by atoms with van der Waals surface area (Å²) in [6.45, 7) is 0.681. The van der Waals surface area contributed by atoms with E-state index in [9.17, 15) is 14.3 Å². The molecule has 0 saturated carbocycles. The molecule has 1 aliphatic heterocycles. The molecule has 3 aromatic carbocycles. The topological polar surface area (TPSA) is 49.8 Å². The molecule has 1 aliphatic rings. The minimum Gasteiger partial charge on any atom is -0.478 e. The predicted octanol–water partition coefficient (Wildman–Crippen LogP) is 6.16. The van der Waals surface area contributed by atoms with Crippen LogP contribution in [0.25, 0.3) is 0 Å². The van der Waals surface area contributed by atoms with Crippen LogP contribution >= 0.6 is 34.8 Å². The van der Waals surface area contributed by atoms with E-state index in [0.717, 1.165) is 6.07 Å². The van der Waals surface area contributed by atoms with Gasteiger partial charge in [-0.1, -0.05) is 53.0 Å². The summed E-state index contributed by atoms with van der Waals surface area (Å²) in [5.74, 6) is -1.05. The molecule has 0 bridgehead atoms. The summed E-state index contributed by atoms with van der Waals surface area (Å²) in [5, 5.41) is 11.0. The lowest BCUT2D eigenvalue weighted by Crippen LogP contribution is -2.29. The van der Waals surface area contributed by atoms with Crippen LogP contribution in [0.5, 0.6) is 5.75 Å². The lowest BCUT2D eigenvalue weighted by Gasteiger charge is -2.22. The second-order valence-electron chi connectivity index (χ2n) is 7.55. The molecule has 0 radical (unpaired) electrons. The van der Waals surface area contributed by atoms with Crippen LogP contribution in [0.1, 0.15) is 34.0 Å². The molecule has 1 amide bonds. The number of benzene rings is 3. The van der Waals surface area contributed by atoms with E-state index in [-0.39, 0.29) is 23.8 Å². The number of rotatable bonds is 5. The molecule has 32 heavy (non-hydrogen) atoms. The van der Waals surface area contributed by atoms with Gasteiger partial charge >= 0.3 is 0 Å². The van der Waals surface area contributed by atoms with E-state index >= 15 is 0 Å². The number of halogens is 4. The van der Waals surface area contributed by atoms with Gasteiger partial charge in [-0.3, -0.25) is 4.79 Å². The van der Waals surface area contributed by atoms with E-state index in [1.165, 1.54) is 17.0 Å². The van der Waals surface area contributed by atoms with Gasteiger partial charge in [-0.25, -0.2) is 4.39 Å². The molecule has 0 aliphatic carbocycles. The van der Waals surface area contributed by atoms with Crippen LogP contribution in [0, 0.1) is 5.82 Å². The quantitative estimate of drug-likeness (QED) is 0.462. The Balaban J connectivity index is 1.64. The summed E-state index contributed by atoms with van der Waals surface area (Å²) in [6, 6.07) is 16.0. The Kier molecular flexibility index (Phi) is 6.91. The first-order valence-corrected chi connectivity index (χ1v) is 11.1. The van der Waals surface area contributed by atoms with Crippen LogP contribution in [0.4, 0.5) is 4.39 Å². The van der Waals surface area contributed by atoms with Crippen molar-refractivity contribution in [3.8, 4) is 5.75 Å². The fraction of sp³-hybridized carbons (Fsp3) is 0.208. The third kappa shape index (κ3) is 5.02. The summed E-state index contributed by atoms with van der Waals surface area (Å²) >= 11 is 18.5. The maximum atomic E-state index is 15.0. The van der Waals surface area contributed by atoms with Gasteiger partial charge in [-0.05, 0) is 54.4 Å². The molecule has 3 aromatic rings. The summed E-state index contributed by atoms with van der Waals surface area (Å²) in [7, 11) is 0. The third-order valence-corrected chi connectivity index (χ3v) is 6.11. The maximum absolute atomic E-state index is 15.0. The zero-order valence-electron chi connectivity index (χ0n) is 16.8. The number of hydrogen-bond acceptors (Lipinski definition) is 3. The molecule has 0 aromatic heterocycles. The van der Waals surface area contributed by atoms with E-state index in [4.69, 9.17) is 39.5 Å². The molecular formula is C24H19Cl3FNO3. The number of hydrogen-bond donors (Lipinski definition) is 1. The molecule has 1 N–H and O–H groups in total. The molecule has 0 spiro atoms. The van der Waals surface area contributed by atoms with Crippen LogP contribution in [0.3, 0.4) is 0 Å². The molecule has 1 heterocycles. The summed E-state index contributed by atoms with van der Waals surface area (Å²) < 4.78 is 21.0. The van der Waals surface area contributed by atoms with Crippen molar-refractivity contribution >= 4 is 40.7 Å². The Bertz CT molecular complexity index is 1140. The Morgan fingerprint density at radius 1 is 1.03 bits per heavy atom. The number of β-amino-alcohol motifs (C(OH)–C–C–N with tert-alkyl or cyclic N) is 1. The van der Waals surface area contributed by atoms with Gasteiger partial charge in [0.2, 0.25) is 0 Å². The Labute approximate surface area is 200 Å². The van der Waals surface area contributed by atoms with Crippen LogP contribution in [0.15, 0.2) is 60.7 Å². The normalized spacial score (nSPS) is 16.8. The summed E-state index contributed by atoms with van der Waals surface area (Å²) in [5.41, 5.74) is 1.50. The van der Waals surface area contributed by atoms with Crippen molar-refractivity contribution in [1.82, 2.24) is 4.90 Å². The van der Waals surface area contributed by atoms with Gasteiger partial charge in [-0.2, -0.15) is 0 Å². The van der Waals surface area contributed by atoms with E-state index in [1.54, 1.807) is 42.5 Å². The zero-order valence-corrected chi connectivity index (χ0v) is 19.0. The van der Waals surface area contributed by atoms with Crippen LogP contribution in [-0.4, -0.2) is 35.1 Å². The number of likely N-dealkylation sites (tertiary alicyclic amines) is 1. The lowest BCUT2D eigenvalue weighted by molar-refractivity contribution is 0.0764. The number of nitrogens with zero attached hydrogens (tertiary/aromatic N) is 1. The Hall–Kier alpha value is -2.31. The highest BCUT2D eigenvalue weighted by atomic mass is 35.5. The average molecular weight is 495 g/mol. The molecule has 4 rings (SSSR count). The van der Waals surface area contributed by atoms with Crippen molar-refractivity contribution in [1.29, 1.82) is 0 Å². The minimum atomic E-state index is -0.734. The van der Waals surface area contributed by atoms with E-state index < -0.39 is 18.0 Å². The number of carbonyl (C=O) groups is 1.